The van der Waals surface area contributed by atoms with Crippen molar-refractivity contribution in [1.82, 2.24) is 14.1 Å². The second-order valence-corrected chi connectivity index (χ2v) is 4.55. The molecule has 19 heavy (non-hydrogen) atoms. The lowest BCUT2D eigenvalue weighted by Crippen LogP contribution is -2.01. The SMILES string of the molecule is N#Cc1ccc2ccn(CCCn3ccnc3)c2c1. The lowest BCUT2D eigenvalue weighted by atomic mass is 10.2. The monoisotopic (exact) mass is 250 g/mol. The number of hydrogen-bond acceptors (Lipinski definition) is 2. The molecule has 0 bridgehead atoms. The standard InChI is InChI=1S/C15H14N4/c16-11-13-2-3-14-4-8-19(15(14)10-13)7-1-6-18-9-5-17-12-18/h2-5,8-10,12H,1,6-7H2. The van der Waals surface area contributed by atoms with E-state index in [9.17, 15) is 0 Å². The molecule has 0 atom stereocenters. The highest BCUT2D eigenvalue weighted by Crippen LogP contribution is 2.17. The summed E-state index contributed by atoms with van der Waals surface area (Å²) in [5, 5.41) is 10.1. The van der Waals surface area contributed by atoms with E-state index < -0.39 is 0 Å². The van der Waals surface area contributed by atoms with Crippen LogP contribution in [0.5, 0.6) is 0 Å². The van der Waals surface area contributed by atoms with Crippen molar-refractivity contribution in [3.63, 3.8) is 0 Å². The van der Waals surface area contributed by atoms with E-state index in [1.807, 2.05) is 30.7 Å². The van der Waals surface area contributed by atoms with E-state index in [1.165, 1.54) is 5.39 Å². The molecule has 2 heterocycles. The van der Waals surface area contributed by atoms with Crippen molar-refractivity contribution in [2.45, 2.75) is 19.5 Å². The molecule has 0 radical (unpaired) electrons. The molecule has 1 aromatic carbocycles. The summed E-state index contributed by atoms with van der Waals surface area (Å²) < 4.78 is 4.28. The maximum atomic E-state index is 8.96. The van der Waals surface area contributed by atoms with Gasteiger partial charge in [-0.2, -0.15) is 5.26 Å². The Hall–Kier alpha value is -2.54. The van der Waals surface area contributed by atoms with Crippen molar-refractivity contribution in [3.05, 3.63) is 54.7 Å². The summed E-state index contributed by atoms with van der Waals surface area (Å²) >= 11 is 0. The average Bonchev–Trinajstić information content (AvgIpc) is 3.08. The van der Waals surface area contributed by atoms with Gasteiger partial charge in [-0.05, 0) is 30.0 Å². The van der Waals surface area contributed by atoms with Gasteiger partial charge in [-0.25, -0.2) is 4.98 Å². The summed E-state index contributed by atoms with van der Waals surface area (Å²) in [7, 11) is 0. The Kier molecular flexibility index (Phi) is 3.03. The summed E-state index contributed by atoms with van der Waals surface area (Å²) in [4.78, 5) is 4.03. The lowest BCUT2D eigenvalue weighted by Gasteiger charge is -2.06. The topological polar surface area (TPSA) is 46.5 Å². The van der Waals surface area contributed by atoms with Crippen LogP contribution in [-0.4, -0.2) is 14.1 Å². The number of aromatic nitrogens is 3. The van der Waals surface area contributed by atoms with Crippen LogP contribution in [0.2, 0.25) is 0 Å². The maximum Gasteiger partial charge on any atom is 0.0992 e. The Labute approximate surface area is 111 Å². The van der Waals surface area contributed by atoms with Crippen molar-refractivity contribution in [2.24, 2.45) is 0 Å². The molecule has 0 saturated heterocycles. The predicted octanol–water partition coefficient (Wildman–Crippen LogP) is 2.80. The number of hydrogen-bond donors (Lipinski definition) is 0. The number of imidazole rings is 1. The van der Waals surface area contributed by atoms with Gasteiger partial charge in [0, 0.05) is 37.2 Å². The Balaban J connectivity index is 1.75. The van der Waals surface area contributed by atoms with Crippen LogP contribution in [0.25, 0.3) is 10.9 Å². The van der Waals surface area contributed by atoms with Crippen LogP contribution in [0.1, 0.15) is 12.0 Å². The van der Waals surface area contributed by atoms with Gasteiger partial charge in [-0.1, -0.05) is 6.07 Å². The largest absolute Gasteiger partial charge is 0.347 e. The number of fused-ring (bicyclic) bond motifs is 1. The smallest absolute Gasteiger partial charge is 0.0992 e. The van der Waals surface area contributed by atoms with Gasteiger partial charge in [-0.3, -0.25) is 0 Å². The fraction of sp³-hybridized carbons (Fsp3) is 0.200. The van der Waals surface area contributed by atoms with Crippen molar-refractivity contribution in [3.8, 4) is 6.07 Å². The number of nitriles is 1. The minimum absolute atomic E-state index is 0.710. The second-order valence-electron chi connectivity index (χ2n) is 4.55. The van der Waals surface area contributed by atoms with Crippen LogP contribution in [-0.2, 0) is 13.1 Å². The number of aryl methyl sites for hydroxylation is 2. The van der Waals surface area contributed by atoms with Gasteiger partial charge in [0.15, 0.2) is 0 Å². The molecule has 0 fully saturated rings. The Morgan fingerprint density at radius 3 is 2.89 bits per heavy atom. The molecule has 0 spiro atoms. The highest BCUT2D eigenvalue weighted by Gasteiger charge is 2.02. The van der Waals surface area contributed by atoms with E-state index in [0.29, 0.717) is 5.56 Å². The van der Waals surface area contributed by atoms with Gasteiger partial charge in [-0.15, -0.1) is 0 Å². The third kappa shape index (κ3) is 2.36. The highest BCUT2D eigenvalue weighted by atomic mass is 15.0. The summed E-state index contributed by atoms with van der Waals surface area (Å²) in [5.74, 6) is 0. The first kappa shape index (κ1) is 11.5. The second kappa shape index (κ2) is 4.99. The highest BCUT2D eigenvalue weighted by molar-refractivity contribution is 5.81. The molecule has 0 amide bonds. The first-order valence-corrected chi connectivity index (χ1v) is 6.31. The molecule has 0 aliphatic rings. The molecule has 0 saturated carbocycles. The zero-order chi connectivity index (χ0) is 13.1. The molecular formula is C15H14N4. The summed E-state index contributed by atoms with van der Waals surface area (Å²) in [6.45, 7) is 1.90. The number of rotatable bonds is 4. The zero-order valence-corrected chi connectivity index (χ0v) is 10.5. The Bertz CT molecular complexity index is 716. The minimum Gasteiger partial charge on any atom is -0.347 e. The third-order valence-electron chi connectivity index (χ3n) is 3.28. The van der Waals surface area contributed by atoms with Crippen LogP contribution >= 0.6 is 0 Å². The van der Waals surface area contributed by atoms with Crippen LogP contribution in [0, 0.1) is 11.3 Å². The summed E-state index contributed by atoms with van der Waals surface area (Å²) in [6.07, 6.45) is 8.73. The van der Waals surface area contributed by atoms with Crippen LogP contribution < -0.4 is 0 Å². The molecular weight excluding hydrogens is 236 g/mol. The number of benzene rings is 1. The normalized spacial score (nSPS) is 10.7. The predicted molar refractivity (Wildman–Crippen MR) is 73.5 cm³/mol. The molecule has 0 N–H and O–H groups in total. The van der Waals surface area contributed by atoms with Gasteiger partial charge >= 0.3 is 0 Å². The van der Waals surface area contributed by atoms with E-state index in [-0.39, 0.29) is 0 Å². The van der Waals surface area contributed by atoms with E-state index in [0.717, 1.165) is 25.0 Å². The molecule has 0 aliphatic carbocycles. The molecule has 3 aromatic rings. The van der Waals surface area contributed by atoms with Crippen molar-refractivity contribution in [2.75, 3.05) is 0 Å². The van der Waals surface area contributed by atoms with E-state index in [1.54, 1.807) is 6.20 Å². The van der Waals surface area contributed by atoms with Gasteiger partial charge in [0.25, 0.3) is 0 Å². The lowest BCUT2D eigenvalue weighted by molar-refractivity contribution is 0.573. The van der Waals surface area contributed by atoms with Crippen LogP contribution in [0.15, 0.2) is 49.2 Å². The summed E-state index contributed by atoms with van der Waals surface area (Å²) in [5.41, 5.74) is 1.84. The van der Waals surface area contributed by atoms with Gasteiger partial charge < -0.3 is 9.13 Å². The fourth-order valence-corrected chi connectivity index (χ4v) is 2.29. The first-order valence-electron chi connectivity index (χ1n) is 6.31. The molecule has 3 rings (SSSR count). The van der Waals surface area contributed by atoms with Gasteiger partial charge in [0.05, 0.1) is 18.0 Å². The molecule has 2 aromatic heterocycles. The Morgan fingerprint density at radius 2 is 2.11 bits per heavy atom. The molecule has 94 valence electrons. The van der Waals surface area contributed by atoms with Crippen molar-refractivity contribution >= 4 is 10.9 Å². The van der Waals surface area contributed by atoms with E-state index >= 15 is 0 Å². The number of nitrogens with zero attached hydrogens (tertiary/aromatic N) is 4. The molecule has 0 unspecified atom stereocenters. The van der Waals surface area contributed by atoms with E-state index in [2.05, 4.69) is 32.5 Å². The summed E-state index contributed by atoms with van der Waals surface area (Å²) in [6, 6.07) is 10.1. The van der Waals surface area contributed by atoms with Gasteiger partial charge in [0.1, 0.15) is 0 Å². The minimum atomic E-state index is 0.710. The van der Waals surface area contributed by atoms with Crippen molar-refractivity contribution in [1.29, 1.82) is 5.26 Å². The maximum absolute atomic E-state index is 8.96. The Morgan fingerprint density at radius 1 is 1.16 bits per heavy atom. The molecule has 0 aliphatic heterocycles. The quantitative estimate of drug-likeness (QED) is 0.714. The van der Waals surface area contributed by atoms with E-state index in [4.69, 9.17) is 5.26 Å². The fourth-order valence-electron chi connectivity index (χ4n) is 2.29. The molecule has 4 nitrogen and oxygen atoms in total. The van der Waals surface area contributed by atoms with Gasteiger partial charge in [0.2, 0.25) is 0 Å². The van der Waals surface area contributed by atoms with Crippen LogP contribution in [0.4, 0.5) is 0 Å². The third-order valence-corrected chi connectivity index (χ3v) is 3.28. The zero-order valence-electron chi connectivity index (χ0n) is 10.5. The molecule has 4 heteroatoms. The first-order chi connectivity index (χ1) is 9.36. The average molecular weight is 250 g/mol. The van der Waals surface area contributed by atoms with Crippen LogP contribution in [0.3, 0.4) is 0 Å². The van der Waals surface area contributed by atoms with Crippen molar-refractivity contribution < 1.29 is 0 Å².